The summed E-state index contributed by atoms with van der Waals surface area (Å²) in [4.78, 5) is 23.6. The molecule has 1 amide bonds. The number of esters is 1. The zero-order chi connectivity index (χ0) is 18.1. The van der Waals surface area contributed by atoms with E-state index in [-0.39, 0.29) is 18.3 Å². The minimum Gasteiger partial charge on any atom is -0.469 e. The number of hydrogen-bond acceptors (Lipinski definition) is 5. The largest absolute Gasteiger partial charge is 0.469 e. The van der Waals surface area contributed by atoms with Crippen LogP contribution in [0.5, 0.6) is 0 Å². The number of methoxy groups -OCH3 is 1. The predicted octanol–water partition coefficient (Wildman–Crippen LogP) is 1.65. The lowest BCUT2D eigenvalue weighted by Gasteiger charge is -2.08. The van der Waals surface area contributed by atoms with Crippen molar-refractivity contribution in [2.45, 2.75) is 13.0 Å². The average molecular weight is 340 g/mol. The second kappa shape index (κ2) is 9.07. The normalized spacial score (nSPS) is 10.4. The number of nitrogens with one attached hydrogen (secondary N) is 2. The van der Waals surface area contributed by atoms with Crippen molar-refractivity contribution >= 4 is 23.9 Å². The topological polar surface area (TPSA) is 106 Å². The van der Waals surface area contributed by atoms with Gasteiger partial charge in [0, 0.05) is 17.8 Å². The van der Waals surface area contributed by atoms with E-state index in [0.29, 0.717) is 17.8 Å². The molecule has 0 radical (unpaired) electrons. The Labute approximate surface area is 145 Å². The number of benzene rings is 2. The Bertz CT molecular complexity index is 774. The van der Waals surface area contributed by atoms with Crippen LogP contribution in [0.25, 0.3) is 0 Å². The number of hydrogen-bond donors (Lipinski definition) is 3. The molecule has 2 aromatic carbocycles. The van der Waals surface area contributed by atoms with Gasteiger partial charge in [-0.2, -0.15) is 5.10 Å². The SMILES string of the molecule is COC(=O)Cc1cccc(CNC(=O)c2cccc(NC=NN)c2)c1. The van der Waals surface area contributed by atoms with Crippen molar-refractivity contribution in [1.82, 2.24) is 5.32 Å². The van der Waals surface area contributed by atoms with Gasteiger partial charge in [-0.15, -0.1) is 0 Å². The molecule has 2 rings (SSSR count). The highest BCUT2D eigenvalue weighted by Crippen LogP contribution is 2.11. The van der Waals surface area contributed by atoms with Crippen LogP contribution >= 0.6 is 0 Å². The van der Waals surface area contributed by atoms with Crippen molar-refractivity contribution in [2.24, 2.45) is 10.9 Å². The second-order valence-corrected chi connectivity index (χ2v) is 5.26. The maximum Gasteiger partial charge on any atom is 0.309 e. The van der Waals surface area contributed by atoms with E-state index in [1.54, 1.807) is 24.3 Å². The van der Waals surface area contributed by atoms with Crippen LogP contribution in [0.1, 0.15) is 21.5 Å². The molecule has 4 N–H and O–H groups in total. The number of carbonyl (C=O) groups excluding carboxylic acids is 2. The van der Waals surface area contributed by atoms with Gasteiger partial charge < -0.3 is 21.2 Å². The van der Waals surface area contributed by atoms with E-state index >= 15 is 0 Å². The van der Waals surface area contributed by atoms with Crippen LogP contribution in [0.15, 0.2) is 53.6 Å². The molecular formula is C18H20N4O3. The Morgan fingerprint density at radius 2 is 1.92 bits per heavy atom. The molecule has 7 heteroatoms. The van der Waals surface area contributed by atoms with E-state index in [1.807, 2.05) is 24.3 Å². The zero-order valence-electron chi connectivity index (χ0n) is 13.9. The summed E-state index contributed by atoms with van der Waals surface area (Å²) in [6.45, 7) is 0.357. The van der Waals surface area contributed by atoms with Crippen LogP contribution < -0.4 is 16.5 Å². The van der Waals surface area contributed by atoms with E-state index in [2.05, 4.69) is 20.5 Å². The molecular weight excluding hydrogens is 320 g/mol. The average Bonchev–Trinajstić information content (AvgIpc) is 2.64. The summed E-state index contributed by atoms with van der Waals surface area (Å²) in [5.74, 6) is 4.53. The first-order valence-electron chi connectivity index (χ1n) is 7.63. The van der Waals surface area contributed by atoms with Crippen molar-refractivity contribution in [3.63, 3.8) is 0 Å². The fourth-order valence-electron chi connectivity index (χ4n) is 2.23. The Kier molecular flexibility index (Phi) is 6.53. The lowest BCUT2D eigenvalue weighted by Crippen LogP contribution is -2.23. The number of hydrazone groups is 1. The summed E-state index contributed by atoms with van der Waals surface area (Å²) < 4.78 is 4.66. The van der Waals surface area contributed by atoms with Crippen LogP contribution in [0.3, 0.4) is 0 Å². The molecule has 0 spiro atoms. The minimum atomic E-state index is -0.300. The summed E-state index contributed by atoms with van der Waals surface area (Å²) in [7, 11) is 1.36. The summed E-state index contributed by atoms with van der Waals surface area (Å²) in [5, 5.41) is 9.05. The van der Waals surface area contributed by atoms with Crippen LogP contribution in [-0.4, -0.2) is 25.3 Å². The maximum absolute atomic E-state index is 12.3. The molecule has 0 aliphatic rings. The lowest BCUT2D eigenvalue weighted by molar-refractivity contribution is -0.139. The summed E-state index contributed by atoms with van der Waals surface area (Å²) in [6.07, 6.45) is 1.54. The highest BCUT2D eigenvalue weighted by atomic mass is 16.5. The van der Waals surface area contributed by atoms with Gasteiger partial charge in [0.1, 0.15) is 6.34 Å². The third kappa shape index (κ3) is 5.65. The molecule has 0 saturated heterocycles. The molecule has 0 aromatic heterocycles. The van der Waals surface area contributed by atoms with Gasteiger partial charge in [0.2, 0.25) is 0 Å². The number of rotatable bonds is 7. The molecule has 2 aromatic rings. The van der Waals surface area contributed by atoms with Crippen LogP contribution in [-0.2, 0) is 22.5 Å². The summed E-state index contributed by atoms with van der Waals surface area (Å²) in [5.41, 5.74) is 2.97. The van der Waals surface area contributed by atoms with Crippen molar-refractivity contribution < 1.29 is 14.3 Å². The first-order chi connectivity index (χ1) is 12.1. The van der Waals surface area contributed by atoms with Crippen LogP contribution in [0.2, 0.25) is 0 Å². The van der Waals surface area contributed by atoms with E-state index in [9.17, 15) is 9.59 Å². The standard InChI is InChI=1S/C18H20N4O3/c1-25-17(23)9-13-4-2-5-14(8-13)11-20-18(24)15-6-3-7-16(10-15)21-12-22-19/h2-8,10,12H,9,11,19H2,1H3,(H,20,24)(H,21,22). The fourth-order valence-corrected chi connectivity index (χ4v) is 2.23. The van der Waals surface area contributed by atoms with Crippen molar-refractivity contribution in [1.29, 1.82) is 0 Å². The Balaban J connectivity index is 1.98. The van der Waals surface area contributed by atoms with E-state index in [4.69, 9.17) is 5.84 Å². The summed E-state index contributed by atoms with van der Waals surface area (Å²) in [6, 6.07) is 14.4. The zero-order valence-corrected chi connectivity index (χ0v) is 13.9. The minimum absolute atomic E-state index is 0.202. The first-order valence-corrected chi connectivity index (χ1v) is 7.63. The van der Waals surface area contributed by atoms with Crippen molar-refractivity contribution in [3.05, 3.63) is 65.2 Å². The van der Waals surface area contributed by atoms with Gasteiger partial charge in [-0.05, 0) is 29.3 Å². The van der Waals surface area contributed by atoms with E-state index in [1.165, 1.54) is 13.4 Å². The van der Waals surface area contributed by atoms with Gasteiger partial charge in [-0.25, -0.2) is 0 Å². The van der Waals surface area contributed by atoms with Gasteiger partial charge in [-0.1, -0.05) is 30.3 Å². The van der Waals surface area contributed by atoms with Crippen LogP contribution in [0.4, 0.5) is 5.69 Å². The van der Waals surface area contributed by atoms with Gasteiger partial charge in [0.15, 0.2) is 0 Å². The molecule has 0 atom stereocenters. The third-order valence-electron chi connectivity index (χ3n) is 3.45. The van der Waals surface area contributed by atoms with E-state index in [0.717, 1.165) is 11.1 Å². The Morgan fingerprint density at radius 3 is 2.68 bits per heavy atom. The fraction of sp³-hybridized carbons (Fsp3) is 0.167. The quantitative estimate of drug-likeness (QED) is 0.234. The maximum atomic E-state index is 12.3. The highest BCUT2D eigenvalue weighted by molar-refractivity contribution is 5.95. The van der Waals surface area contributed by atoms with E-state index < -0.39 is 0 Å². The van der Waals surface area contributed by atoms with Crippen molar-refractivity contribution in [3.8, 4) is 0 Å². The molecule has 130 valence electrons. The Hall–Kier alpha value is -3.35. The lowest BCUT2D eigenvalue weighted by atomic mass is 10.1. The van der Waals surface area contributed by atoms with Crippen molar-refractivity contribution in [2.75, 3.05) is 12.4 Å². The molecule has 0 unspecified atom stereocenters. The first kappa shape index (κ1) is 18.0. The second-order valence-electron chi connectivity index (χ2n) is 5.26. The molecule has 0 saturated carbocycles. The molecule has 0 heterocycles. The molecule has 0 fully saturated rings. The molecule has 25 heavy (non-hydrogen) atoms. The highest BCUT2D eigenvalue weighted by Gasteiger charge is 2.07. The molecule has 0 aliphatic carbocycles. The molecule has 0 bridgehead atoms. The number of anilines is 1. The smallest absolute Gasteiger partial charge is 0.309 e. The monoisotopic (exact) mass is 340 g/mol. The Morgan fingerprint density at radius 1 is 1.16 bits per heavy atom. The molecule has 0 aliphatic heterocycles. The van der Waals surface area contributed by atoms with Crippen LogP contribution in [0, 0.1) is 0 Å². The van der Waals surface area contributed by atoms with Gasteiger partial charge in [0.05, 0.1) is 13.5 Å². The van der Waals surface area contributed by atoms with Gasteiger partial charge in [0.25, 0.3) is 5.91 Å². The summed E-state index contributed by atoms with van der Waals surface area (Å²) >= 11 is 0. The third-order valence-corrected chi connectivity index (χ3v) is 3.45. The number of carbonyl (C=O) groups is 2. The predicted molar refractivity (Wildman–Crippen MR) is 96.1 cm³/mol. The number of nitrogens with zero attached hydrogens (tertiary/aromatic N) is 1. The number of amides is 1. The molecule has 7 nitrogen and oxygen atoms in total. The number of ether oxygens (including phenoxy) is 1. The number of nitrogens with two attached hydrogens (primary N) is 1. The van der Waals surface area contributed by atoms with Gasteiger partial charge >= 0.3 is 5.97 Å². The van der Waals surface area contributed by atoms with Gasteiger partial charge in [-0.3, -0.25) is 9.59 Å².